The van der Waals surface area contributed by atoms with E-state index in [4.69, 9.17) is 5.26 Å². The van der Waals surface area contributed by atoms with Gasteiger partial charge in [-0.15, -0.1) is 0 Å². The molecular formula is C10H16N2O. The van der Waals surface area contributed by atoms with E-state index in [2.05, 4.69) is 11.4 Å². The highest BCUT2D eigenvalue weighted by Gasteiger charge is 2.44. The van der Waals surface area contributed by atoms with Crippen LogP contribution in [0.5, 0.6) is 0 Å². The number of nitrogens with zero attached hydrogens (tertiary/aromatic N) is 1. The molecule has 1 amide bonds. The van der Waals surface area contributed by atoms with Gasteiger partial charge in [-0.05, 0) is 32.6 Å². The number of rotatable bonds is 3. The van der Waals surface area contributed by atoms with Gasteiger partial charge in [0.15, 0.2) is 0 Å². The van der Waals surface area contributed by atoms with Gasteiger partial charge in [-0.25, -0.2) is 0 Å². The van der Waals surface area contributed by atoms with Crippen LogP contribution in [0.4, 0.5) is 0 Å². The smallest absolute Gasteiger partial charge is 0.240 e. The van der Waals surface area contributed by atoms with Crippen molar-refractivity contribution < 1.29 is 4.79 Å². The van der Waals surface area contributed by atoms with E-state index in [1.54, 1.807) is 0 Å². The van der Waals surface area contributed by atoms with Crippen LogP contribution in [-0.4, -0.2) is 11.9 Å². The van der Waals surface area contributed by atoms with Gasteiger partial charge in [-0.3, -0.25) is 4.79 Å². The molecule has 1 aliphatic rings. The third kappa shape index (κ3) is 1.82. The molecular weight excluding hydrogens is 164 g/mol. The average Bonchev–Trinajstić information content (AvgIpc) is 2.03. The van der Waals surface area contributed by atoms with Crippen LogP contribution in [-0.2, 0) is 4.79 Å². The van der Waals surface area contributed by atoms with Gasteiger partial charge in [-0.2, -0.15) is 5.26 Å². The lowest BCUT2D eigenvalue weighted by Crippen LogP contribution is -2.47. The predicted molar refractivity (Wildman–Crippen MR) is 49.8 cm³/mol. The molecule has 0 aromatic heterocycles. The number of nitrogens with one attached hydrogen (secondary N) is 1. The first kappa shape index (κ1) is 10.0. The van der Waals surface area contributed by atoms with E-state index in [9.17, 15) is 4.79 Å². The van der Waals surface area contributed by atoms with Crippen molar-refractivity contribution in [3.8, 4) is 6.07 Å². The Labute approximate surface area is 79.1 Å². The summed E-state index contributed by atoms with van der Waals surface area (Å²) < 4.78 is 0. The van der Waals surface area contributed by atoms with Crippen molar-refractivity contribution in [1.29, 1.82) is 5.26 Å². The highest BCUT2D eigenvalue weighted by molar-refractivity contribution is 5.86. The molecule has 1 saturated carbocycles. The average molecular weight is 180 g/mol. The Kier molecular flexibility index (Phi) is 2.92. The minimum absolute atomic E-state index is 0.0735. The van der Waals surface area contributed by atoms with Gasteiger partial charge in [0, 0.05) is 6.04 Å². The molecule has 0 radical (unpaired) electrons. The number of carbonyl (C=O) groups is 1. The van der Waals surface area contributed by atoms with Crippen LogP contribution in [0, 0.1) is 16.7 Å². The number of nitriles is 1. The number of amides is 1. The monoisotopic (exact) mass is 180 g/mol. The molecule has 0 spiro atoms. The molecule has 0 aromatic carbocycles. The van der Waals surface area contributed by atoms with Crippen molar-refractivity contribution >= 4 is 5.91 Å². The number of hydrogen-bond acceptors (Lipinski definition) is 2. The van der Waals surface area contributed by atoms with Crippen molar-refractivity contribution in [2.45, 2.75) is 45.6 Å². The quantitative estimate of drug-likeness (QED) is 0.717. The molecule has 0 heterocycles. The summed E-state index contributed by atoms with van der Waals surface area (Å²) in [6.07, 6.45) is 3.37. The Hall–Kier alpha value is -1.04. The van der Waals surface area contributed by atoms with Gasteiger partial charge in [0.25, 0.3) is 0 Å². The van der Waals surface area contributed by atoms with E-state index in [1.165, 1.54) is 0 Å². The summed E-state index contributed by atoms with van der Waals surface area (Å²) in [6, 6.07) is 2.31. The second kappa shape index (κ2) is 3.78. The molecule has 3 heteroatoms. The number of carbonyl (C=O) groups excluding carboxylic acids is 1. The van der Waals surface area contributed by atoms with Crippen LogP contribution in [0.15, 0.2) is 0 Å². The van der Waals surface area contributed by atoms with Crippen LogP contribution in [0.3, 0.4) is 0 Å². The molecule has 1 aliphatic carbocycles. The molecule has 72 valence electrons. The zero-order valence-corrected chi connectivity index (χ0v) is 8.26. The van der Waals surface area contributed by atoms with Gasteiger partial charge in [-0.1, -0.05) is 6.92 Å². The summed E-state index contributed by atoms with van der Waals surface area (Å²) in [5.74, 6) is -0.0735. The zero-order chi connectivity index (χ0) is 9.90. The summed E-state index contributed by atoms with van der Waals surface area (Å²) in [5, 5.41) is 11.7. The Bertz CT molecular complexity index is 238. The maximum Gasteiger partial charge on any atom is 0.240 e. The minimum Gasteiger partial charge on any atom is -0.352 e. The van der Waals surface area contributed by atoms with Crippen molar-refractivity contribution in [3.05, 3.63) is 0 Å². The van der Waals surface area contributed by atoms with Crippen molar-refractivity contribution in [3.63, 3.8) is 0 Å². The van der Waals surface area contributed by atoms with E-state index >= 15 is 0 Å². The SMILES string of the molecule is CCC(C)NC(=O)C1(C#N)CCC1. The Morgan fingerprint density at radius 3 is 2.62 bits per heavy atom. The van der Waals surface area contributed by atoms with Gasteiger partial charge in [0.05, 0.1) is 6.07 Å². The highest BCUT2D eigenvalue weighted by Crippen LogP contribution is 2.40. The maximum atomic E-state index is 11.6. The lowest BCUT2D eigenvalue weighted by molar-refractivity contribution is -0.132. The van der Waals surface area contributed by atoms with Crippen molar-refractivity contribution in [2.24, 2.45) is 5.41 Å². The molecule has 1 N–H and O–H groups in total. The van der Waals surface area contributed by atoms with Crippen LogP contribution < -0.4 is 5.32 Å². The third-order valence-electron chi connectivity index (χ3n) is 2.85. The molecule has 0 bridgehead atoms. The topological polar surface area (TPSA) is 52.9 Å². The molecule has 0 aliphatic heterocycles. The van der Waals surface area contributed by atoms with Gasteiger partial charge < -0.3 is 5.32 Å². The van der Waals surface area contributed by atoms with Crippen LogP contribution >= 0.6 is 0 Å². The molecule has 13 heavy (non-hydrogen) atoms. The Balaban J connectivity index is 2.52. The second-order valence-electron chi connectivity index (χ2n) is 3.83. The molecule has 1 unspecified atom stereocenters. The molecule has 0 saturated heterocycles. The second-order valence-corrected chi connectivity index (χ2v) is 3.83. The van der Waals surface area contributed by atoms with E-state index in [0.717, 1.165) is 25.7 Å². The Morgan fingerprint density at radius 2 is 2.31 bits per heavy atom. The largest absolute Gasteiger partial charge is 0.352 e. The fraction of sp³-hybridized carbons (Fsp3) is 0.800. The van der Waals surface area contributed by atoms with Gasteiger partial charge in [0.2, 0.25) is 5.91 Å². The van der Waals surface area contributed by atoms with Gasteiger partial charge in [0.1, 0.15) is 5.41 Å². The van der Waals surface area contributed by atoms with Crippen LogP contribution in [0.1, 0.15) is 39.5 Å². The molecule has 3 nitrogen and oxygen atoms in total. The number of hydrogen-bond donors (Lipinski definition) is 1. The fourth-order valence-electron chi connectivity index (χ4n) is 1.38. The predicted octanol–water partition coefficient (Wildman–Crippen LogP) is 1.59. The highest BCUT2D eigenvalue weighted by atomic mass is 16.2. The summed E-state index contributed by atoms with van der Waals surface area (Å²) >= 11 is 0. The van der Waals surface area contributed by atoms with Crippen LogP contribution in [0.2, 0.25) is 0 Å². The lowest BCUT2D eigenvalue weighted by atomic mass is 9.69. The fourth-order valence-corrected chi connectivity index (χ4v) is 1.38. The zero-order valence-electron chi connectivity index (χ0n) is 8.26. The molecule has 0 aromatic rings. The molecule has 1 rings (SSSR count). The van der Waals surface area contributed by atoms with Crippen molar-refractivity contribution in [1.82, 2.24) is 5.32 Å². The summed E-state index contributed by atoms with van der Waals surface area (Å²) in [7, 11) is 0. The van der Waals surface area contributed by atoms with E-state index < -0.39 is 5.41 Å². The Morgan fingerprint density at radius 1 is 1.69 bits per heavy atom. The summed E-state index contributed by atoms with van der Waals surface area (Å²) in [5.41, 5.74) is -0.691. The van der Waals surface area contributed by atoms with Gasteiger partial charge >= 0.3 is 0 Å². The molecule has 1 fully saturated rings. The standard InChI is InChI=1S/C10H16N2O/c1-3-8(2)12-9(13)10(7-11)5-4-6-10/h8H,3-6H2,1-2H3,(H,12,13). The normalized spacial score (nSPS) is 21.0. The van der Waals surface area contributed by atoms with E-state index in [1.807, 2.05) is 13.8 Å². The first-order chi connectivity index (χ1) is 6.14. The third-order valence-corrected chi connectivity index (χ3v) is 2.85. The van der Waals surface area contributed by atoms with E-state index in [-0.39, 0.29) is 11.9 Å². The minimum atomic E-state index is -0.691. The summed E-state index contributed by atoms with van der Waals surface area (Å²) in [6.45, 7) is 3.98. The first-order valence-electron chi connectivity index (χ1n) is 4.87. The van der Waals surface area contributed by atoms with Crippen LogP contribution in [0.25, 0.3) is 0 Å². The molecule has 1 atom stereocenters. The lowest BCUT2D eigenvalue weighted by Gasteiger charge is -2.34. The first-order valence-corrected chi connectivity index (χ1v) is 4.87. The summed E-state index contributed by atoms with van der Waals surface area (Å²) in [4.78, 5) is 11.6. The maximum absolute atomic E-state index is 11.6. The van der Waals surface area contributed by atoms with Crippen molar-refractivity contribution in [2.75, 3.05) is 0 Å². The van der Waals surface area contributed by atoms with E-state index in [0.29, 0.717) is 0 Å².